The second-order valence-electron chi connectivity index (χ2n) is 4.22. The molecule has 4 heteroatoms. The maximum absolute atomic E-state index is 6.10. The van der Waals surface area contributed by atoms with E-state index in [4.69, 9.17) is 21.8 Å². The van der Waals surface area contributed by atoms with Crippen molar-refractivity contribution in [2.75, 3.05) is 0 Å². The molecule has 0 aliphatic heterocycles. The van der Waals surface area contributed by atoms with Crippen molar-refractivity contribution < 1.29 is 4.42 Å². The van der Waals surface area contributed by atoms with E-state index in [9.17, 15) is 0 Å². The normalized spacial score (nSPS) is 13.6. The highest BCUT2D eigenvalue weighted by Gasteiger charge is 2.16. The van der Waals surface area contributed by atoms with Gasteiger partial charge in [-0.15, -0.1) is 0 Å². The molecule has 1 heterocycles. The Labute approximate surface area is 108 Å². The summed E-state index contributed by atoms with van der Waals surface area (Å²) in [6.45, 7) is 4.13. The van der Waals surface area contributed by atoms with E-state index in [-0.39, 0.29) is 6.04 Å². The lowest BCUT2D eigenvalue weighted by Gasteiger charge is -2.11. The van der Waals surface area contributed by atoms with Gasteiger partial charge in [-0.25, -0.2) is 0 Å². The highest BCUT2D eigenvalue weighted by atomic mass is 79.9. The van der Waals surface area contributed by atoms with Gasteiger partial charge in [-0.05, 0) is 24.1 Å². The molecule has 1 unspecified atom stereocenters. The number of halogens is 2. The van der Waals surface area contributed by atoms with Crippen LogP contribution in [0.4, 0.5) is 0 Å². The molecule has 0 saturated carbocycles. The van der Waals surface area contributed by atoms with Crippen molar-refractivity contribution >= 4 is 38.5 Å². The van der Waals surface area contributed by atoms with Crippen LogP contribution in [0.1, 0.15) is 25.6 Å². The van der Waals surface area contributed by atoms with Gasteiger partial charge in [0.15, 0.2) is 5.58 Å². The summed E-state index contributed by atoms with van der Waals surface area (Å²) in [7, 11) is 0. The van der Waals surface area contributed by atoms with Gasteiger partial charge in [-0.2, -0.15) is 0 Å². The zero-order valence-corrected chi connectivity index (χ0v) is 11.5. The second-order valence-corrected chi connectivity index (χ2v) is 5.55. The van der Waals surface area contributed by atoms with Crippen LogP contribution in [0.5, 0.6) is 0 Å². The van der Waals surface area contributed by atoms with Crippen molar-refractivity contribution in [3.8, 4) is 0 Å². The van der Waals surface area contributed by atoms with Gasteiger partial charge in [0, 0.05) is 9.86 Å². The summed E-state index contributed by atoms with van der Waals surface area (Å²) in [6, 6.07) is 5.65. The SMILES string of the molecule is CC(C)C(N)c1cc2cc(Br)cc(Cl)c2o1. The lowest BCUT2D eigenvalue weighted by Crippen LogP contribution is -2.15. The highest BCUT2D eigenvalue weighted by Crippen LogP contribution is 2.33. The van der Waals surface area contributed by atoms with Crippen molar-refractivity contribution in [3.63, 3.8) is 0 Å². The van der Waals surface area contributed by atoms with Crippen molar-refractivity contribution in [1.29, 1.82) is 0 Å². The summed E-state index contributed by atoms with van der Waals surface area (Å²) in [5, 5.41) is 1.58. The first-order valence-electron chi connectivity index (χ1n) is 5.13. The molecule has 1 aromatic heterocycles. The van der Waals surface area contributed by atoms with E-state index in [1.807, 2.05) is 18.2 Å². The van der Waals surface area contributed by atoms with Crippen molar-refractivity contribution in [3.05, 3.63) is 33.5 Å². The molecular weight excluding hydrogens is 289 g/mol. The van der Waals surface area contributed by atoms with Crippen LogP contribution in [-0.4, -0.2) is 0 Å². The van der Waals surface area contributed by atoms with Crippen molar-refractivity contribution in [1.82, 2.24) is 0 Å². The summed E-state index contributed by atoms with van der Waals surface area (Å²) in [4.78, 5) is 0. The first-order chi connectivity index (χ1) is 7.49. The summed E-state index contributed by atoms with van der Waals surface area (Å²) in [5.74, 6) is 1.12. The minimum atomic E-state index is -0.0951. The number of fused-ring (bicyclic) bond motifs is 1. The number of hydrogen-bond acceptors (Lipinski definition) is 2. The first kappa shape index (κ1) is 12.0. The van der Waals surface area contributed by atoms with Gasteiger partial charge < -0.3 is 10.2 Å². The molecule has 2 N–H and O–H groups in total. The Kier molecular flexibility index (Phi) is 3.29. The second kappa shape index (κ2) is 4.40. The molecule has 2 nitrogen and oxygen atoms in total. The van der Waals surface area contributed by atoms with E-state index in [1.54, 1.807) is 0 Å². The van der Waals surface area contributed by atoms with E-state index in [1.165, 1.54) is 0 Å². The van der Waals surface area contributed by atoms with E-state index in [0.717, 1.165) is 15.6 Å². The lowest BCUT2D eigenvalue weighted by atomic mass is 10.0. The standard InChI is InChI=1S/C12H13BrClNO/c1-6(2)11(15)10-4-7-3-8(13)5-9(14)12(7)16-10/h3-6,11H,15H2,1-2H3. The van der Waals surface area contributed by atoms with E-state index in [2.05, 4.69) is 29.8 Å². The molecule has 0 aliphatic carbocycles. The van der Waals surface area contributed by atoms with Gasteiger partial charge >= 0.3 is 0 Å². The molecule has 0 amide bonds. The summed E-state index contributed by atoms with van der Waals surface area (Å²) < 4.78 is 6.64. The Morgan fingerprint density at radius 2 is 2.00 bits per heavy atom. The Bertz CT molecular complexity index is 521. The smallest absolute Gasteiger partial charge is 0.153 e. The fourth-order valence-electron chi connectivity index (χ4n) is 1.59. The number of furan rings is 1. The van der Waals surface area contributed by atoms with Gasteiger partial charge in [-0.1, -0.05) is 41.4 Å². The van der Waals surface area contributed by atoms with E-state index >= 15 is 0 Å². The average molecular weight is 303 g/mol. The molecule has 0 spiro atoms. The molecule has 0 bridgehead atoms. The third-order valence-electron chi connectivity index (χ3n) is 2.60. The fourth-order valence-corrected chi connectivity index (χ4v) is 2.46. The Morgan fingerprint density at radius 1 is 1.31 bits per heavy atom. The molecule has 0 fully saturated rings. The maximum Gasteiger partial charge on any atom is 0.153 e. The Morgan fingerprint density at radius 3 is 2.62 bits per heavy atom. The first-order valence-corrected chi connectivity index (χ1v) is 6.30. The van der Waals surface area contributed by atoms with Crippen LogP contribution in [0.25, 0.3) is 11.0 Å². The van der Waals surface area contributed by atoms with Gasteiger partial charge in [0.05, 0.1) is 11.1 Å². The third kappa shape index (κ3) is 2.12. The zero-order valence-electron chi connectivity index (χ0n) is 9.13. The van der Waals surface area contributed by atoms with Gasteiger partial charge in [0.1, 0.15) is 5.76 Å². The quantitative estimate of drug-likeness (QED) is 0.887. The molecule has 86 valence electrons. The number of hydrogen-bond donors (Lipinski definition) is 1. The monoisotopic (exact) mass is 301 g/mol. The summed E-state index contributed by atoms with van der Waals surface area (Å²) in [6.07, 6.45) is 0. The van der Waals surface area contributed by atoms with Crippen LogP contribution >= 0.6 is 27.5 Å². The molecule has 1 aromatic carbocycles. The van der Waals surface area contributed by atoms with Crippen LogP contribution in [0.2, 0.25) is 5.02 Å². The summed E-state index contributed by atoms with van der Waals surface area (Å²) in [5.41, 5.74) is 6.75. The molecular formula is C12H13BrClNO. The topological polar surface area (TPSA) is 39.2 Å². The molecule has 0 radical (unpaired) electrons. The van der Waals surface area contributed by atoms with Crippen LogP contribution in [0, 0.1) is 5.92 Å². The zero-order chi connectivity index (χ0) is 11.9. The fraction of sp³-hybridized carbons (Fsp3) is 0.333. The minimum absolute atomic E-state index is 0.0951. The molecule has 0 aliphatic rings. The lowest BCUT2D eigenvalue weighted by molar-refractivity contribution is 0.418. The highest BCUT2D eigenvalue weighted by molar-refractivity contribution is 9.10. The predicted molar refractivity (Wildman–Crippen MR) is 70.7 cm³/mol. The van der Waals surface area contributed by atoms with Crippen molar-refractivity contribution in [2.45, 2.75) is 19.9 Å². The van der Waals surface area contributed by atoms with E-state index in [0.29, 0.717) is 16.5 Å². The average Bonchev–Trinajstić information content (AvgIpc) is 2.60. The van der Waals surface area contributed by atoms with E-state index < -0.39 is 0 Å². The largest absolute Gasteiger partial charge is 0.458 e. The van der Waals surface area contributed by atoms with Crippen LogP contribution in [0.3, 0.4) is 0 Å². The third-order valence-corrected chi connectivity index (χ3v) is 3.34. The minimum Gasteiger partial charge on any atom is -0.458 e. The molecule has 0 saturated heterocycles. The van der Waals surface area contributed by atoms with Crippen LogP contribution in [-0.2, 0) is 0 Å². The van der Waals surface area contributed by atoms with Gasteiger partial charge in [0.2, 0.25) is 0 Å². The van der Waals surface area contributed by atoms with Crippen LogP contribution in [0.15, 0.2) is 27.1 Å². The number of nitrogens with two attached hydrogens (primary N) is 1. The van der Waals surface area contributed by atoms with Crippen LogP contribution < -0.4 is 5.73 Å². The Hall–Kier alpha value is -0.510. The molecule has 16 heavy (non-hydrogen) atoms. The maximum atomic E-state index is 6.10. The predicted octanol–water partition coefficient (Wildman–Crippen LogP) is 4.50. The molecule has 2 aromatic rings. The number of rotatable bonds is 2. The Balaban J connectivity index is 2.56. The number of benzene rings is 1. The summed E-state index contributed by atoms with van der Waals surface area (Å²) >= 11 is 9.50. The van der Waals surface area contributed by atoms with Gasteiger partial charge in [-0.3, -0.25) is 0 Å². The van der Waals surface area contributed by atoms with Crippen molar-refractivity contribution in [2.24, 2.45) is 11.7 Å². The molecule has 1 atom stereocenters. The molecule has 2 rings (SSSR count). The van der Waals surface area contributed by atoms with Gasteiger partial charge in [0.25, 0.3) is 0 Å².